The summed E-state index contributed by atoms with van der Waals surface area (Å²) in [7, 11) is -1.84. The second kappa shape index (κ2) is 7.70. The quantitative estimate of drug-likeness (QED) is 0.782. The highest BCUT2D eigenvalue weighted by molar-refractivity contribution is 7.89. The molecule has 1 aromatic heterocycles. The first kappa shape index (κ1) is 17.6. The van der Waals surface area contributed by atoms with Crippen LogP contribution in [0.1, 0.15) is 25.1 Å². The molecule has 0 bridgehead atoms. The van der Waals surface area contributed by atoms with Crippen molar-refractivity contribution in [3.63, 3.8) is 0 Å². The maximum absolute atomic E-state index is 12.6. The van der Waals surface area contributed by atoms with Gasteiger partial charge >= 0.3 is 0 Å². The van der Waals surface area contributed by atoms with E-state index in [4.69, 9.17) is 0 Å². The Labute approximate surface area is 139 Å². The Morgan fingerprint density at radius 3 is 2.35 bits per heavy atom. The van der Waals surface area contributed by atoms with Gasteiger partial charge in [0, 0.05) is 31.9 Å². The summed E-state index contributed by atoms with van der Waals surface area (Å²) < 4.78 is 26.6. The third kappa shape index (κ3) is 4.88. The van der Waals surface area contributed by atoms with Crippen LogP contribution in [0.5, 0.6) is 0 Å². The zero-order chi connectivity index (χ0) is 16.9. The third-order valence-electron chi connectivity index (χ3n) is 3.68. The van der Waals surface area contributed by atoms with E-state index in [-0.39, 0.29) is 0 Å². The van der Waals surface area contributed by atoms with Crippen LogP contribution in [-0.4, -0.2) is 31.3 Å². The van der Waals surface area contributed by atoms with Crippen molar-refractivity contribution < 1.29 is 8.42 Å². The zero-order valence-electron chi connectivity index (χ0n) is 13.9. The standard InChI is InChI=1S/C18H24N2O2S/c1-15(2)14-16-7-9-18(10-8-16)23(21,22)20(3)13-11-17-6-4-5-12-19-17/h4-10,12,15H,11,13-14H2,1-3H3. The van der Waals surface area contributed by atoms with Crippen LogP contribution in [0.2, 0.25) is 0 Å². The molecule has 0 saturated carbocycles. The van der Waals surface area contributed by atoms with E-state index in [1.807, 2.05) is 30.3 Å². The molecule has 0 atom stereocenters. The van der Waals surface area contributed by atoms with Gasteiger partial charge in [-0.2, -0.15) is 0 Å². The van der Waals surface area contributed by atoms with Crippen LogP contribution in [0, 0.1) is 5.92 Å². The SMILES string of the molecule is CC(C)Cc1ccc(S(=O)(=O)N(C)CCc2ccccn2)cc1. The van der Waals surface area contributed by atoms with Gasteiger partial charge in [0.2, 0.25) is 10.0 Å². The van der Waals surface area contributed by atoms with Gasteiger partial charge < -0.3 is 0 Å². The Hall–Kier alpha value is -1.72. The number of hydrogen-bond acceptors (Lipinski definition) is 3. The van der Waals surface area contributed by atoms with Crippen molar-refractivity contribution >= 4 is 10.0 Å². The first-order chi connectivity index (χ1) is 10.9. The molecule has 0 fully saturated rings. The molecule has 2 aromatic rings. The summed E-state index contributed by atoms with van der Waals surface area (Å²) in [5.41, 5.74) is 2.05. The molecule has 0 saturated heterocycles. The minimum absolute atomic E-state index is 0.341. The number of hydrogen-bond donors (Lipinski definition) is 0. The highest BCUT2D eigenvalue weighted by atomic mass is 32.2. The molecule has 124 valence electrons. The van der Waals surface area contributed by atoms with Gasteiger partial charge in [-0.05, 0) is 42.2 Å². The van der Waals surface area contributed by atoms with Crippen molar-refractivity contribution in [2.24, 2.45) is 5.92 Å². The smallest absolute Gasteiger partial charge is 0.242 e. The molecule has 4 nitrogen and oxygen atoms in total. The Morgan fingerprint density at radius 1 is 1.09 bits per heavy atom. The lowest BCUT2D eigenvalue weighted by molar-refractivity contribution is 0.471. The maximum atomic E-state index is 12.6. The molecule has 0 aliphatic carbocycles. The van der Waals surface area contributed by atoms with Gasteiger partial charge in [0.25, 0.3) is 0 Å². The largest absolute Gasteiger partial charge is 0.261 e. The molecule has 0 N–H and O–H groups in total. The molecule has 0 radical (unpaired) electrons. The van der Waals surface area contributed by atoms with Gasteiger partial charge in [-0.3, -0.25) is 4.98 Å². The van der Waals surface area contributed by atoms with Crippen LogP contribution in [0.15, 0.2) is 53.6 Å². The molecule has 5 heteroatoms. The van der Waals surface area contributed by atoms with Crippen LogP contribution in [0.3, 0.4) is 0 Å². The van der Waals surface area contributed by atoms with E-state index in [1.165, 1.54) is 4.31 Å². The van der Waals surface area contributed by atoms with Crippen molar-refractivity contribution in [3.8, 4) is 0 Å². The van der Waals surface area contributed by atoms with Gasteiger partial charge in [0.1, 0.15) is 0 Å². The summed E-state index contributed by atoms with van der Waals surface area (Å²) in [6, 6.07) is 12.9. The predicted molar refractivity (Wildman–Crippen MR) is 92.7 cm³/mol. The Kier molecular flexibility index (Phi) is 5.91. The fraction of sp³-hybridized carbons (Fsp3) is 0.389. The first-order valence-electron chi connectivity index (χ1n) is 7.85. The lowest BCUT2D eigenvalue weighted by Crippen LogP contribution is -2.29. The molecular weight excluding hydrogens is 308 g/mol. The van der Waals surface area contributed by atoms with E-state index in [2.05, 4.69) is 18.8 Å². The number of rotatable bonds is 7. The van der Waals surface area contributed by atoms with E-state index in [9.17, 15) is 8.42 Å². The summed E-state index contributed by atoms with van der Waals surface area (Å²) in [6.45, 7) is 4.71. The van der Waals surface area contributed by atoms with E-state index in [0.717, 1.165) is 17.7 Å². The van der Waals surface area contributed by atoms with Gasteiger partial charge in [0.15, 0.2) is 0 Å². The van der Waals surface area contributed by atoms with Crippen LogP contribution in [-0.2, 0) is 22.9 Å². The Balaban J connectivity index is 2.04. The lowest BCUT2D eigenvalue weighted by Gasteiger charge is -2.17. The number of likely N-dealkylation sites (N-methyl/N-ethyl adjacent to an activating group) is 1. The van der Waals surface area contributed by atoms with Crippen LogP contribution >= 0.6 is 0 Å². The number of pyridine rings is 1. The summed E-state index contributed by atoms with van der Waals surface area (Å²) in [5, 5.41) is 0. The van der Waals surface area contributed by atoms with Crippen molar-refractivity contribution in [2.45, 2.75) is 31.6 Å². The lowest BCUT2D eigenvalue weighted by atomic mass is 10.0. The summed E-state index contributed by atoms with van der Waals surface area (Å²) in [4.78, 5) is 4.56. The summed E-state index contributed by atoms with van der Waals surface area (Å²) >= 11 is 0. The molecule has 1 aromatic carbocycles. The monoisotopic (exact) mass is 332 g/mol. The van der Waals surface area contributed by atoms with E-state index in [1.54, 1.807) is 25.4 Å². The van der Waals surface area contributed by atoms with Crippen LogP contribution < -0.4 is 0 Å². The van der Waals surface area contributed by atoms with Crippen molar-refractivity contribution in [3.05, 3.63) is 59.9 Å². The molecule has 0 unspecified atom stereocenters. The maximum Gasteiger partial charge on any atom is 0.242 e. The normalized spacial score (nSPS) is 12.0. The zero-order valence-corrected chi connectivity index (χ0v) is 14.8. The van der Waals surface area contributed by atoms with E-state index in [0.29, 0.717) is 23.8 Å². The topological polar surface area (TPSA) is 50.3 Å². The first-order valence-corrected chi connectivity index (χ1v) is 9.29. The molecule has 1 heterocycles. The van der Waals surface area contributed by atoms with E-state index < -0.39 is 10.0 Å². The predicted octanol–water partition coefficient (Wildman–Crippen LogP) is 3.14. The second-order valence-corrected chi connectivity index (χ2v) is 8.18. The summed E-state index contributed by atoms with van der Waals surface area (Å²) in [5.74, 6) is 0.554. The molecule has 0 amide bonds. The fourth-order valence-corrected chi connectivity index (χ4v) is 3.56. The third-order valence-corrected chi connectivity index (χ3v) is 5.56. The van der Waals surface area contributed by atoms with Crippen molar-refractivity contribution in [1.29, 1.82) is 0 Å². The van der Waals surface area contributed by atoms with E-state index >= 15 is 0 Å². The average molecular weight is 332 g/mol. The Morgan fingerprint density at radius 2 is 1.78 bits per heavy atom. The number of aromatic nitrogens is 1. The van der Waals surface area contributed by atoms with Crippen molar-refractivity contribution in [2.75, 3.05) is 13.6 Å². The minimum atomic E-state index is -3.45. The van der Waals surface area contributed by atoms with Crippen molar-refractivity contribution in [1.82, 2.24) is 9.29 Å². The molecule has 0 aliphatic rings. The number of nitrogens with zero attached hydrogens (tertiary/aromatic N) is 2. The van der Waals surface area contributed by atoms with Gasteiger partial charge in [-0.15, -0.1) is 0 Å². The van der Waals surface area contributed by atoms with Crippen LogP contribution in [0.25, 0.3) is 0 Å². The van der Waals surface area contributed by atoms with Crippen LogP contribution in [0.4, 0.5) is 0 Å². The highest BCUT2D eigenvalue weighted by Gasteiger charge is 2.20. The highest BCUT2D eigenvalue weighted by Crippen LogP contribution is 2.17. The molecule has 2 rings (SSSR count). The fourth-order valence-electron chi connectivity index (χ4n) is 2.39. The van der Waals surface area contributed by atoms with Gasteiger partial charge in [-0.1, -0.05) is 32.0 Å². The average Bonchev–Trinajstić information content (AvgIpc) is 2.53. The molecular formula is C18H24N2O2S. The second-order valence-electron chi connectivity index (χ2n) is 6.14. The molecule has 23 heavy (non-hydrogen) atoms. The van der Waals surface area contributed by atoms with Gasteiger partial charge in [-0.25, -0.2) is 12.7 Å². The summed E-state index contributed by atoms with van der Waals surface area (Å²) in [6.07, 6.45) is 3.27. The van der Waals surface area contributed by atoms with Gasteiger partial charge in [0.05, 0.1) is 4.90 Å². The number of sulfonamides is 1. The number of benzene rings is 1. The molecule has 0 aliphatic heterocycles. The Bertz CT molecular complexity index is 710. The molecule has 0 spiro atoms. The minimum Gasteiger partial charge on any atom is -0.261 e.